The van der Waals surface area contributed by atoms with Crippen molar-refractivity contribution in [2.75, 3.05) is 36.0 Å². The van der Waals surface area contributed by atoms with Gasteiger partial charge in [-0.1, -0.05) is 15.9 Å². The van der Waals surface area contributed by atoms with Gasteiger partial charge in [-0.15, -0.1) is 0 Å². The Morgan fingerprint density at radius 3 is 2.07 bits per heavy atom. The van der Waals surface area contributed by atoms with E-state index < -0.39 is 6.04 Å². The summed E-state index contributed by atoms with van der Waals surface area (Å²) in [5, 5.41) is 0. The van der Waals surface area contributed by atoms with Crippen molar-refractivity contribution in [1.29, 1.82) is 0 Å². The number of rotatable bonds is 4. The number of anilines is 2. The Kier molecular flexibility index (Phi) is 5.52. The van der Waals surface area contributed by atoms with E-state index in [-0.39, 0.29) is 24.0 Å². The topological polar surface area (TPSA) is 60.9 Å². The normalized spacial score (nSPS) is 20.4. The molecule has 2 heterocycles. The maximum atomic E-state index is 13.0. The minimum atomic E-state index is -0.395. The molecule has 0 saturated carbocycles. The molecule has 29 heavy (non-hydrogen) atoms. The van der Waals surface area contributed by atoms with Crippen LogP contribution in [0.2, 0.25) is 0 Å². The molecule has 2 aliphatic heterocycles. The number of ketones is 1. The van der Waals surface area contributed by atoms with Crippen LogP contribution in [-0.4, -0.2) is 54.7 Å². The van der Waals surface area contributed by atoms with Gasteiger partial charge in [-0.2, -0.15) is 0 Å². The Morgan fingerprint density at radius 2 is 1.48 bits per heavy atom. The Bertz CT molecular complexity index is 935. The zero-order valence-electron chi connectivity index (χ0n) is 16.2. The van der Waals surface area contributed by atoms with Crippen LogP contribution in [0.3, 0.4) is 0 Å². The highest BCUT2D eigenvalue weighted by atomic mass is 79.9. The van der Waals surface area contributed by atoms with Crippen molar-refractivity contribution in [2.24, 2.45) is 0 Å². The summed E-state index contributed by atoms with van der Waals surface area (Å²) in [7, 11) is 0. The van der Waals surface area contributed by atoms with Gasteiger partial charge < -0.3 is 4.90 Å². The maximum Gasteiger partial charge on any atom is 0.251 e. The number of carbonyl (C=O) groups excluding carboxylic acids is 3. The van der Waals surface area contributed by atoms with Crippen LogP contribution in [0, 0.1) is 0 Å². The van der Waals surface area contributed by atoms with E-state index in [1.165, 1.54) is 4.90 Å². The molecule has 150 valence electrons. The Morgan fingerprint density at radius 1 is 0.897 bits per heavy atom. The lowest BCUT2D eigenvalue weighted by Crippen LogP contribution is -2.52. The highest BCUT2D eigenvalue weighted by Crippen LogP contribution is 2.28. The van der Waals surface area contributed by atoms with Crippen molar-refractivity contribution in [3.05, 3.63) is 58.6 Å². The molecule has 0 radical (unpaired) electrons. The molecule has 2 aliphatic rings. The molecule has 2 aromatic rings. The molecule has 0 aromatic heterocycles. The van der Waals surface area contributed by atoms with Crippen molar-refractivity contribution in [3.8, 4) is 0 Å². The summed E-state index contributed by atoms with van der Waals surface area (Å²) in [6.07, 6.45) is 0.224. The second-order valence-corrected chi connectivity index (χ2v) is 8.31. The van der Waals surface area contributed by atoms with Gasteiger partial charge >= 0.3 is 0 Å². The predicted octanol–water partition coefficient (Wildman–Crippen LogP) is 3.11. The third kappa shape index (κ3) is 3.97. The van der Waals surface area contributed by atoms with E-state index in [0.717, 1.165) is 23.2 Å². The van der Waals surface area contributed by atoms with Gasteiger partial charge in [0.2, 0.25) is 5.91 Å². The standard InChI is InChI=1S/C22H22BrN3O3/c1-15(27)16-2-6-18(7-3-16)24-10-12-25(13-11-24)20-14-21(28)26(22(20)29)19-8-4-17(23)5-9-19/h2-9,20H,10-14H2,1H3. The van der Waals surface area contributed by atoms with Crippen molar-refractivity contribution < 1.29 is 14.4 Å². The molecule has 7 heteroatoms. The molecular weight excluding hydrogens is 434 g/mol. The number of nitrogens with zero attached hydrogens (tertiary/aromatic N) is 3. The number of halogens is 1. The van der Waals surface area contributed by atoms with Gasteiger partial charge in [0.25, 0.3) is 5.91 Å². The monoisotopic (exact) mass is 455 g/mol. The molecule has 0 aliphatic carbocycles. The number of hydrogen-bond acceptors (Lipinski definition) is 5. The van der Waals surface area contributed by atoms with E-state index in [2.05, 4.69) is 25.7 Å². The summed E-state index contributed by atoms with van der Waals surface area (Å²) in [6, 6.07) is 14.5. The average molecular weight is 456 g/mol. The molecule has 2 saturated heterocycles. The van der Waals surface area contributed by atoms with Gasteiger partial charge in [-0.3, -0.25) is 19.3 Å². The van der Waals surface area contributed by atoms with Crippen molar-refractivity contribution >= 4 is 44.9 Å². The van der Waals surface area contributed by atoms with Crippen LogP contribution in [0.15, 0.2) is 53.0 Å². The largest absolute Gasteiger partial charge is 0.369 e. The minimum absolute atomic E-state index is 0.0566. The van der Waals surface area contributed by atoms with E-state index in [4.69, 9.17) is 0 Å². The molecule has 2 amide bonds. The van der Waals surface area contributed by atoms with Crippen molar-refractivity contribution in [3.63, 3.8) is 0 Å². The number of carbonyl (C=O) groups is 3. The van der Waals surface area contributed by atoms with Crippen LogP contribution in [0.25, 0.3) is 0 Å². The Balaban J connectivity index is 1.41. The summed E-state index contributed by atoms with van der Waals surface area (Å²) in [6.45, 7) is 4.54. The lowest BCUT2D eigenvalue weighted by atomic mass is 10.1. The Hall–Kier alpha value is -2.51. The SMILES string of the molecule is CC(=O)c1ccc(N2CCN(C3CC(=O)N(c4ccc(Br)cc4)C3=O)CC2)cc1. The van der Waals surface area contributed by atoms with Gasteiger partial charge in [0, 0.05) is 41.9 Å². The summed E-state index contributed by atoms with van der Waals surface area (Å²) >= 11 is 3.38. The zero-order valence-corrected chi connectivity index (χ0v) is 17.8. The molecule has 0 bridgehead atoms. The molecule has 2 fully saturated rings. The van der Waals surface area contributed by atoms with Crippen molar-refractivity contribution in [1.82, 2.24) is 4.90 Å². The summed E-state index contributed by atoms with van der Waals surface area (Å²) in [4.78, 5) is 42.6. The molecule has 1 unspecified atom stereocenters. The van der Waals surface area contributed by atoms with E-state index in [1.54, 1.807) is 19.1 Å². The van der Waals surface area contributed by atoms with E-state index in [1.807, 2.05) is 36.4 Å². The number of amides is 2. The fraction of sp³-hybridized carbons (Fsp3) is 0.318. The number of Topliss-reactive ketones (excluding diaryl/α,β-unsaturated/α-hetero) is 1. The van der Waals surface area contributed by atoms with Crippen LogP contribution < -0.4 is 9.80 Å². The number of hydrogen-bond donors (Lipinski definition) is 0. The number of imide groups is 1. The molecule has 1 atom stereocenters. The molecule has 0 N–H and O–H groups in total. The Labute approximate surface area is 178 Å². The predicted molar refractivity (Wildman–Crippen MR) is 115 cm³/mol. The first-order chi connectivity index (χ1) is 13.9. The second kappa shape index (κ2) is 8.08. The summed E-state index contributed by atoms with van der Waals surface area (Å²) < 4.78 is 0.907. The van der Waals surface area contributed by atoms with Crippen LogP contribution in [0.4, 0.5) is 11.4 Å². The first kappa shape index (κ1) is 19.8. The lowest BCUT2D eigenvalue weighted by Gasteiger charge is -2.38. The fourth-order valence-corrected chi connectivity index (χ4v) is 4.23. The molecule has 2 aromatic carbocycles. The van der Waals surface area contributed by atoms with Gasteiger partial charge in [-0.25, -0.2) is 4.90 Å². The number of benzene rings is 2. The second-order valence-electron chi connectivity index (χ2n) is 7.39. The minimum Gasteiger partial charge on any atom is -0.369 e. The first-order valence-corrected chi connectivity index (χ1v) is 10.5. The summed E-state index contributed by atoms with van der Waals surface area (Å²) in [5.74, 6) is -0.234. The van der Waals surface area contributed by atoms with Crippen LogP contribution in [0.5, 0.6) is 0 Å². The third-order valence-corrected chi connectivity index (χ3v) is 6.13. The van der Waals surface area contributed by atoms with Gasteiger partial charge in [0.1, 0.15) is 0 Å². The van der Waals surface area contributed by atoms with Gasteiger partial charge in [0.15, 0.2) is 5.78 Å². The molecule has 6 nitrogen and oxygen atoms in total. The highest BCUT2D eigenvalue weighted by Gasteiger charge is 2.43. The molecular formula is C22H22BrN3O3. The van der Waals surface area contributed by atoms with Crippen LogP contribution in [-0.2, 0) is 9.59 Å². The smallest absolute Gasteiger partial charge is 0.251 e. The third-order valence-electron chi connectivity index (χ3n) is 5.60. The van der Waals surface area contributed by atoms with Crippen molar-refractivity contribution in [2.45, 2.75) is 19.4 Å². The van der Waals surface area contributed by atoms with Gasteiger partial charge in [-0.05, 0) is 55.5 Å². The van der Waals surface area contributed by atoms with Crippen LogP contribution in [0.1, 0.15) is 23.7 Å². The van der Waals surface area contributed by atoms with E-state index in [9.17, 15) is 14.4 Å². The quantitative estimate of drug-likeness (QED) is 0.523. The highest BCUT2D eigenvalue weighted by molar-refractivity contribution is 9.10. The average Bonchev–Trinajstić information content (AvgIpc) is 3.03. The summed E-state index contributed by atoms with van der Waals surface area (Å²) in [5.41, 5.74) is 2.39. The fourth-order valence-electron chi connectivity index (χ4n) is 3.96. The molecule has 4 rings (SSSR count). The lowest BCUT2D eigenvalue weighted by molar-refractivity contribution is -0.123. The zero-order chi connectivity index (χ0) is 20.5. The molecule has 0 spiro atoms. The first-order valence-electron chi connectivity index (χ1n) is 9.66. The van der Waals surface area contributed by atoms with E-state index >= 15 is 0 Å². The van der Waals surface area contributed by atoms with Crippen LogP contribution >= 0.6 is 15.9 Å². The van der Waals surface area contributed by atoms with Gasteiger partial charge in [0.05, 0.1) is 18.2 Å². The maximum absolute atomic E-state index is 13.0. The number of piperazine rings is 1. The van der Waals surface area contributed by atoms with E-state index in [0.29, 0.717) is 24.3 Å².